The van der Waals surface area contributed by atoms with Crippen molar-refractivity contribution in [3.8, 4) is 0 Å². The maximum atomic E-state index is 12.2. The number of rotatable bonds is 9. The lowest BCUT2D eigenvalue weighted by Gasteiger charge is -2.32. The van der Waals surface area contributed by atoms with Crippen molar-refractivity contribution in [1.82, 2.24) is 10.2 Å². The lowest BCUT2D eigenvalue weighted by atomic mass is 10.1. The van der Waals surface area contributed by atoms with Crippen molar-refractivity contribution >= 4 is 23.9 Å². The Kier molecular flexibility index (Phi) is 8.22. The summed E-state index contributed by atoms with van der Waals surface area (Å²) in [5.74, 6) is -0.241. The fraction of sp³-hybridized carbons (Fsp3) is 0.556. The van der Waals surface area contributed by atoms with Crippen molar-refractivity contribution in [2.75, 3.05) is 26.2 Å². The minimum Gasteiger partial charge on any atom is -0.460 e. The van der Waals surface area contributed by atoms with Gasteiger partial charge in [0.2, 0.25) is 0 Å². The predicted octanol–water partition coefficient (Wildman–Crippen LogP) is 2.33. The molecule has 1 aromatic carbocycles. The third-order valence-electron chi connectivity index (χ3n) is 4.13. The molecular formula is C18H24ClN2O3. The Balaban J connectivity index is 1.71. The molecule has 5 nitrogen and oxygen atoms in total. The number of nitrogens with zero attached hydrogens (tertiary/aromatic N) is 1. The Labute approximate surface area is 148 Å². The molecule has 1 aliphatic heterocycles. The smallest absolute Gasteiger partial charge is 0.324 e. The zero-order chi connectivity index (χ0) is 17.2. The molecule has 1 radical (unpaired) electrons. The summed E-state index contributed by atoms with van der Waals surface area (Å²) >= 11 is 6.07. The molecule has 0 spiro atoms. The van der Waals surface area contributed by atoms with Gasteiger partial charge in [0.25, 0.3) is 0 Å². The van der Waals surface area contributed by atoms with Gasteiger partial charge in [-0.05, 0) is 25.5 Å². The summed E-state index contributed by atoms with van der Waals surface area (Å²) in [6.45, 7) is 3.48. The van der Waals surface area contributed by atoms with Gasteiger partial charge in [-0.15, -0.1) is 0 Å². The van der Waals surface area contributed by atoms with Crippen molar-refractivity contribution in [2.45, 2.75) is 38.3 Å². The van der Waals surface area contributed by atoms with E-state index in [9.17, 15) is 9.59 Å². The van der Waals surface area contributed by atoms with Crippen molar-refractivity contribution < 1.29 is 14.3 Å². The van der Waals surface area contributed by atoms with Gasteiger partial charge in [0.1, 0.15) is 12.6 Å². The van der Waals surface area contributed by atoms with Gasteiger partial charge < -0.3 is 10.1 Å². The Morgan fingerprint density at radius 3 is 2.96 bits per heavy atom. The van der Waals surface area contributed by atoms with E-state index in [1.165, 1.54) is 0 Å². The molecule has 131 valence electrons. The molecule has 0 aromatic heterocycles. The Morgan fingerprint density at radius 2 is 2.17 bits per heavy atom. The molecule has 2 rings (SSSR count). The van der Waals surface area contributed by atoms with Crippen molar-refractivity contribution in [2.24, 2.45) is 0 Å². The highest BCUT2D eigenvalue weighted by atomic mass is 35.5. The van der Waals surface area contributed by atoms with E-state index in [0.717, 1.165) is 44.5 Å². The highest BCUT2D eigenvalue weighted by molar-refractivity contribution is 6.31. The van der Waals surface area contributed by atoms with Crippen LogP contribution in [0.1, 0.15) is 31.2 Å². The molecule has 1 unspecified atom stereocenters. The summed E-state index contributed by atoms with van der Waals surface area (Å²) in [5.41, 5.74) is 0.812. The number of hydrogen-bond donors (Lipinski definition) is 1. The average Bonchev–Trinajstić information content (AvgIpc) is 2.61. The normalized spacial score (nSPS) is 18.3. The number of carbonyl (C=O) groups excluding carboxylic acids is 2. The molecule has 0 bridgehead atoms. The Bertz CT molecular complexity index is 539. The van der Waals surface area contributed by atoms with Crippen molar-refractivity contribution in [3.63, 3.8) is 0 Å². The highest BCUT2D eigenvalue weighted by Gasteiger charge is 2.26. The van der Waals surface area contributed by atoms with Gasteiger partial charge in [0, 0.05) is 36.6 Å². The predicted molar refractivity (Wildman–Crippen MR) is 93.6 cm³/mol. The second-order valence-corrected chi connectivity index (χ2v) is 6.37. The highest BCUT2D eigenvalue weighted by Crippen LogP contribution is 2.16. The van der Waals surface area contributed by atoms with E-state index >= 15 is 0 Å². The first kappa shape index (κ1) is 18.9. The van der Waals surface area contributed by atoms with E-state index in [0.29, 0.717) is 18.0 Å². The molecule has 6 heteroatoms. The third kappa shape index (κ3) is 6.23. The lowest BCUT2D eigenvalue weighted by Crippen LogP contribution is -2.54. The maximum Gasteiger partial charge on any atom is 0.324 e. The molecule has 1 saturated heterocycles. The minimum atomic E-state index is -0.301. The second kappa shape index (κ2) is 10.4. The first-order chi connectivity index (χ1) is 11.7. The number of benzene rings is 1. The molecule has 1 fully saturated rings. The summed E-state index contributed by atoms with van der Waals surface area (Å²) in [4.78, 5) is 24.7. The van der Waals surface area contributed by atoms with Crippen LogP contribution in [-0.4, -0.2) is 49.4 Å². The van der Waals surface area contributed by atoms with E-state index in [2.05, 4.69) is 10.2 Å². The van der Waals surface area contributed by atoms with Crippen LogP contribution in [0.25, 0.3) is 0 Å². The molecular weight excluding hydrogens is 328 g/mol. The van der Waals surface area contributed by atoms with Gasteiger partial charge in [-0.25, -0.2) is 0 Å². The SMILES string of the molecule is O=[C]CCCCCN1CCNC(C(=O)OCc2ccccc2Cl)C1. The maximum absolute atomic E-state index is 12.2. The number of carbonyl (C=O) groups is 1. The first-order valence-electron chi connectivity index (χ1n) is 8.41. The number of halogens is 1. The molecule has 0 aliphatic carbocycles. The number of nitrogens with one attached hydrogen (secondary N) is 1. The quantitative estimate of drug-likeness (QED) is 0.546. The largest absolute Gasteiger partial charge is 0.460 e. The fourth-order valence-electron chi connectivity index (χ4n) is 2.75. The number of hydrogen-bond acceptors (Lipinski definition) is 5. The van der Waals surface area contributed by atoms with Crippen molar-refractivity contribution in [3.05, 3.63) is 34.9 Å². The number of piperazine rings is 1. The summed E-state index contributed by atoms with van der Waals surface area (Å²) < 4.78 is 5.40. The summed E-state index contributed by atoms with van der Waals surface area (Å²) in [7, 11) is 0. The monoisotopic (exact) mass is 351 g/mol. The average molecular weight is 352 g/mol. The Morgan fingerprint density at radius 1 is 1.33 bits per heavy atom. The lowest BCUT2D eigenvalue weighted by molar-refractivity contribution is -0.148. The fourth-order valence-corrected chi connectivity index (χ4v) is 2.94. The van der Waals surface area contributed by atoms with Gasteiger partial charge in [-0.1, -0.05) is 36.2 Å². The van der Waals surface area contributed by atoms with Crippen LogP contribution in [0.5, 0.6) is 0 Å². The standard InChI is InChI=1S/C18H24ClN2O3/c19-16-8-4-3-7-15(16)14-24-18(23)17-13-21(11-9-20-17)10-5-1-2-6-12-22/h3-4,7-8,17,20H,1-2,5-6,9-11,13-14H2. The third-order valence-corrected chi connectivity index (χ3v) is 4.49. The molecule has 24 heavy (non-hydrogen) atoms. The minimum absolute atomic E-state index is 0.193. The van der Waals surface area contributed by atoms with E-state index in [1.54, 1.807) is 6.07 Å². The Hall–Kier alpha value is -1.43. The van der Waals surface area contributed by atoms with E-state index in [4.69, 9.17) is 16.3 Å². The summed E-state index contributed by atoms with van der Waals surface area (Å²) in [6, 6.07) is 7.06. The van der Waals surface area contributed by atoms with Crippen LogP contribution < -0.4 is 5.32 Å². The summed E-state index contributed by atoms with van der Waals surface area (Å²) in [6.07, 6.45) is 5.36. The van der Waals surface area contributed by atoms with E-state index in [-0.39, 0.29) is 18.6 Å². The zero-order valence-electron chi connectivity index (χ0n) is 13.8. The molecule has 1 heterocycles. The number of esters is 1. The van der Waals surface area contributed by atoms with Crippen LogP contribution in [0.3, 0.4) is 0 Å². The van der Waals surface area contributed by atoms with Crippen LogP contribution in [-0.2, 0) is 20.9 Å². The topological polar surface area (TPSA) is 58.6 Å². The summed E-state index contributed by atoms with van der Waals surface area (Å²) in [5, 5.41) is 3.82. The van der Waals surface area contributed by atoms with Crippen LogP contribution in [0, 0.1) is 0 Å². The van der Waals surface area contributed by atoms with Gasteiger partial charge in [0.05, 0.1) is 0 Å². The zero-order valence-corrected chi connectivity index (χ0v) is 14.6. The van der Waals surface area contributed by atoms with Gasteiger partial charge in [-0.3, -0.25) is 14.5 Å². The number of ether oxygens (including phenoxy) is 1. The van der Waals surface area contributed by atoms with Crippen LogP contribution in [0.2, 0.25) is 5.02 Å². The molecule has 1 aromatic rings. The molecule has 0 amide bonds. The first-order valence-corrected chi connectivity index (χ1v) is 8.79. The van der Waals surface area contributed by atoms with E-state index < -0.39 is 0 Å². The molecule has 0 saturated carbocycles. The molecule has 1 aliphatic rings. The molecule has 1 N–H and O–H groups in total. The second-order valence-electron chi connectivity index (χ2n) is 5.96. The van der Waals surface area contributed by atoms with Crippen molar-refractivity contribution in [1.29, 1.82) is 0 Å². The van der Waals surface area contributed by atoms with Crippen LogP contribution >= 0.6 is 11.6 Å². The van der Waals surface area contributed by atoms with E-state index in [1.807, 2.05) is 24.5 Å². The number of unbranched alkanes of at least 4 members (excludes halogenated alkanes) is 3. The van der Waals surface area contributed by atoms with Gasteiger partial charge in [0.15, 0.2) is 6.29 Å². The molecule has 1 atom stereocenters. The van der Waals surface area contributed by atoms with Crippen LogP contribution in [0.4, 0.5) is 0 Å². The van der Waals surface area contributed by atoms with Gasteiger partial charge in [-0.2, -0.15) is 0 Å². The van der Waals surface area contributed by atoms with Crippen LogP contribution in [0.15, 0.2) is 24.3 Å². The van der Waals surface area contributed by atoms with Gasteiger partial charge >= 0.3 is 5.97 Å².